The number of hydrogen-bond donors (Lipinski definition) is 2. The van der Waals surface area contributed by atoms with Gasteiger partial charge in [0.15, 0.2) is 0 Å². The Morgan fingerprint density at radius 1 is 1.59 bits per heavy atom. The quantitative estimate of drug-likeness (QED) is 0.788. The fraction of sp³-hybridized carbons (Fsp3) is 0.500. The van der Waals surface area contributed by atoms with Crippen molar-refractivity contribution >= 4 is 16.0 Å². The summed E-state index contributed by atoms with van der Waals surface area (Å²) in [7, 11) is -1.88. The number of aliphatic carboxylic acids is 1. The average Bonchev–Trinajstić information content (AvgIpc) is 2.92. The van der Waals surface area contributed by atoms with E-state index < -0.39 is 21.4 Å². The molecule has 2 N–H and O–H groups in total. The molecule has 0 atom stereocenters. The number of rotatable bonds is 5. The lowest BCUT2D eigenvalue weighted by Crippen LogP contribution is -2.34. The molecule has 7 heteroatoms. The lowest BCUT2D eigenvalue weighted by atomic mass is 10.1. The van der Waals surface area contributed by atoms with E-state index in [0.29, 0.717) is 12.8 Å². The molecular weight excluding hydrogens is 244 g/mol. The third-order valence-corrected chi connectivity index (χ3v) is 4.41. The van der Waals surface area contributed by atoms with E-state index in [1.54, 1.807) is 17.8 Å². The van der Waals surface area contributed by atoms with Crippen LogP contribution in [-0.2, 0) is 21.9 Å². The van der Waals surface area contributed by atoms with Gasteiger partial charge in [-0.3, -0.25) is 4.79 Å². The van der Waals surface area contributed by atoms with Crippen molar-refractivity contribution in [2.75, 3.05) is 6.54 Å². The molecule has 1 aliphatic rings. The molecule has 0 aliphatic heterocycles. The van der Waals surface area contributed by atoms with Crippen LogP contribution in [0.1, 0.15) is 12.8 Å². The Hall–Kier alpha value is -1.34. The van der Waals surface area contributed by atoms with Crippen LogP contribution in [0, 0.1) is 5.41 Å². The van der Waals surface area contributed by atoms with Gasteiger partial charge in [-0.2, -0.15) is 0 Å². The molecule has 1 heterocycles. The van der Waals surface area contributed by atoms with E-state index in [2.05, 4.69) is 4.72 Å². The topological polar surface area (TPSA) is 88.4 Å². The molecule has 94 valence electrons. The van der Waals surface area contributed by atoms with Crippen molar-refractivity contribution in [3.05, 3.63) is 18.5 Å². The van der Waals surface area contributed by atoms with Crippen LogP contribution in [0.3, 0.4) is 0 Å². The first-order valence-corrected chi connectivity index (χ1v) is 6.69. The maximum atomic E-state index is 11.8. The van der Waals surface area contributed by atoms with Crippen molar-refractivity contribution in [2.45, 2.75) is 17.7 Å². The van der Waals surface area contributed by atoms with E-state index in [-0.39, 0.29) is 11.4 Å². The summed E-state index contributed by atoms with van der Waals surface area (Å²) in [6, 6.07) is 1.47. The molecule has 0 amide bonds. The maximum absolute atomic E-state index is 11.8. The highest BCUT2D eigenvalue weighted by Gasteiger charge is 2.50. The molecule has 1 aromatic heterocycles. The number of hydrogen-bond acceptors (Lipinski definition) is 3. The normalized spacial score (nSPS) is 17.9. The molecule has 1 saturated carbocycles. The van der Waals surface area contributed by atoms with Crippen LogP contribution >= 0.6 is 0 Å². The molecule has 17 heavy (non-hydrogen) atoms. The van der Waals surface area contributed by atoms with Gasteiger partial charge < -0.3 is 9.67 Å². The summed E-state index contributed by atoms with van der Waals surface area (Å²) < 4.78 is 27.6. The summed E-state index contributed by atoms with van der Waals surface area (Å²) >= 11 is 0. The molecule has 0 spiro atoms. The standard InChI is InChI=1S/C10H14N2O4S/c1-12-5-2-8(6-12)17(15,16)11-7-10(3-4-10)9(13)14/h2,5-6,11H,3-4,7H2,1H3,(H,13,14). The van der Waals surface area contributed by atoms with Gasteiger partial charge in [0, 0.05) is 26.0 Å². The van der Waals surface area contributed by atoms with Crippen LogP contribution < -0.4 is 4.72 Å². The predicted molar refractivity (Wildman–Crippen MR) is 59.9 cm³/mol. The number of aromatic nitrogens is 1. The Kier molecular flexibility index (Phi) is 2.75. The molecule has 6 nitrogen and oxygen atoms in total. The lowest BCUT2D eigenvalue weighted by Gasteiger charge is -2.10. The highest BCUT2D eigenvalue weighted by atomic mass is 32.2. The van der Waals surface area contributed by atoms with E-state index in [4.69, 9.17) is 5.11 Å². The molecule has 0 aromatic carbocycles. The van der Waals surface area contributed by atoms with Crippen molar-refractivity contribution in [2.24, 2.45) is 12.5 Å². The first-order valence-electron chi connectivity index (χ1n) is 5.21. The van der Waals surface area contributed by atoms with Crippen molar-refractivity contribution in [3.63, 3.8) is 0 Å². The molecule has 1 aliphatic carbocycles. The number of carboxylic acids is 1. The highest BCUT2D eigenvalue weighted by molar-refractivity contribution is 7.89. The van der Waals surface area contributed by atoms with Gasteiger partial charge in [0.1, 0.15) is 0 Å². The maximum Gasteiger partial charge on any atom is 0.310 e. The van der Waals surface area contributed by atoms with Crippen LogP contribution in [0.25, 0.3) is 0 Å². The Morgan fingerprint density at radius 2 is 2.24 bits per heavy atom. The molecule has 0 bridgehead atoms. The second kappa shape index (κ2) is 3.85. The van der Waals surface area contributed by atoms with Crippen LogP contribution in [0.4, 0.5) is 0 Å². The zero-order chi connectivity index (χ0) is 12.7. The number of nitrogens with zero attached hydrogens (tertiary/aromatic N) is 1. The van der Waals surface area contributed by atoms with Gasteiger partial charge >= 0.3 is 5.97 Å². The third-order valence-electron chi connectivity index (χ3n) is 3.02. The fourth-order valence-corrected chi connectivity index (χ4v) is 2.75. The molecule has 0 unspecified atom stereocenters. The predicted octanol–water partition coefficient (Wildman–Crippen LogP) is 0.168. The van der Waals surface area contributed by atoms with Crippen molar-refractivity contribution in [1.29, 1.82) is 0 Å². The summed E-state index contributed by atoms with van der Waals surface area (Å²) in [5, 5.41) is 8.94. The SMILES string of the molecule is Cn1ccc(S(=O)(=O)NCC2(C(=O)O)CC2)c1. The van der Waals surface area contributed by atoms with E-state index in [0.717, 1.165) is 0 Å². The molecule has 1 aromatic rings. The Morgan fingerprint density at radius 3 is 2.65 bits per heavy atom. The third kappa shape index (κ3) is 2.34. The molecule has 0 radical (unpaired) electrons. The highest BCUT2D eigenvalue weighted by Crippen LogP contribution is 2.45. The summed E-state index contributed by atoms with van der Waals surface area (Å²) in [5.41, 5.74) is -0.887. The first kappa shape index (κ1) is 12.1. The minimum atomic E-state index is -3.60. The van der Waals surface area contributed by atoms with E-state index in [9.17, 15) is 13.2 Å². The van der Waals surface area contributed by atoms with E-state index >= 15 is 0 Å². The van der Waals surface area contributed by atoms with Gasteiger partial charge in [-0.25, -0.2) is 13.1 Å². The number of nitrogens with one attached hydrogen (secondary N) is 1. The molecule has 1 fully saturated rings. The van der Waals surface area contributed by atoms with Crippen molar-refractivity contribution in [1.82, 2.24) is 9.29 Å². The minimum absolute atomic E-state index is 0.0421. The Labute approximate surface area is 99.3 Å². The van der Waals surface area contributed by atoms with Crippen molar-refractivity contribution < 1.29 is 18.3 Å². The number of carboxylic acid groups (broad SMARTS) is 1. The summed E-state index contributed by atoms with van der Waals surface area (Å²) in [4.78, 5) is 11.1. The van der Waals surface area contributed by atoms with Gasteiger partial charge in [-0.15, -0.1) is 0 Å². The monoisotopic (exact) mass is 258 g/mol. The van der Waals surface area contributed by atoms with Crippen LogP contribution in [0.15, 0.2) is 23.4 Å². The smallest absolute Gasteiger partial charge is 0.310 e. The number of carbonyl (C=O) groups is 1. The largest absolute Gasteiger partial charge is 0.481 e. The average molecular weight is 258 g/mol. The molecular formula is C10H14N2O4S. The lowest BCUT2D eigenvalue weighted by molar-refractivity contribution is -0.143. The van der Waals surface area contributed by atoms with Crippen LogP contribution in [0.5, 0.6) is 0 Å². The first-order chi connectivity index (χ1) is 7.86. The second-order valence-corrected chi connectivity index (χ2v) is 6.19. The van der Waals surface area contributed by atoms with Gasteiger partial charge in [-0.1, -0.05) is 0 Å². The van der Waals surface area contributed by atoms with Crippen LogP contribution in [-0.4, -0.2) is 30.6 Å². The second-order valence-electron chi connectivity index (χ2n) is 4.42. The van der Waals surface area contributed by atoms with Crippen molar-refractivity contribution in [3.8, 4) is 0 Å². The van der Waals surface area contributed by atoms with Gasteiger partial charge in [0.25, 0.3) is 0 Å². The zero-order valence-corrected chi connectivity index (χ0v) is 10.2. The summed E-state index contributed by atoms with van der Waals surface area (Å²) in [5.74, 6) is -0.937. The number of sulfonamides is 1. The Bertz CT molecular complexity index is 542. The fourth-order valence-electron chi connectivity index (χ4n) is 1.57. The minimum Gasteiger partial charge on any atom is -0.481 e. The molecule has 0 saturated heterocycles. The van der Waals surface area contributed by atoms with Gasteiger partial charge in [0.05, 0.1) is 10.3 Å². The molecule has 2 rings (SSSR count). The zero-order valence-electron chi connectivity index (χ0n) is 9.38. The van der Waals surface area contributed by atoms with Gasteiger partial charge in [0.2, 0.25) is 10.0 Å². The summed E-state index contributed by atoms with van der Waals surface area (Å²) in [6.45, 7) is -0.0421. The number of aryl methyl sites for hydroxylation is 1. The van der Waals surface area contributed by atoms with Crippen LogP contribution in [0.2, 0.25) is 0 Å². The Balaban J connectivity index is 2.07. The van der Waals surface area contributed by atoms with E-state index in [1.807, 2.05) is 0 Å². The van der Waals surface area contributed by atoms with E-state index in [1.165, 1.54) is 12.3 Å². The summed E-state index contributed by atoms with van der Waals surface area (Å²) in [6.07, 6.45) is 4.15. The van der Waals surface area contributed by atoms with Gasteiger partial charge in [-0.05, 0) is 18.9 Å².